The average molecular weight is 302 g/mol. The number of aromatic carboxylic acids is 1. The van der Waals surface area contributed by atoms with Crippen LogP contribution < -0.4 is 4.90 Å². The van der Waals surface area contributed by atoms with Gasteiger partial charge in [-0.25, -0.2) is 4.79 Å². The Morgan fingerprint density at radius 2 is 2.00 bits per heavy atom. The third kappa shape index (κ3) is 2.64. The number of benzene rings is 1. The molecule has 3 rings (SSSR count). The quantitative estimate of drug-likeness (QED) is 0.850. The van der Waals surface area contributed by atoms with Gasteiger partial charge in [-0.1, -0.05) is 0 Å². The maximum Gasteiger partial charge on any atom is 0.352 e. The molecule has 1 aliphatic heterocycles. The number of esters is 1. The number of rotatable bonds is 3. The van der Waals surface area contributed by atoms with Gasteiger partial charge in [0.25, 0.3) is 0 Å². The van der Waals surface area contributed by atoms with Crippen molar-refractivity contribution < 1.29 is 19.4 Å². The minimum atomic E-state index is -0.961. The molecule has 1 aromatic heterocycles. The van der Waals surface area contributed by atoms with Gasteiger partial charge in [0, 0.05) is 29.7 Å². The van der Waals surface area contributed by atoms with Crippen molar-refractivity contribution in [2.45, 2.75) is 12.8 Å². The minimum absolute atomic E-state index is 0.0177. The molecule has 0 amide bonds. The van der Waals surface area contributed by atoms with Gasteiger partial charge in [-0.2, -0.15) is 0 Å². The molecule has 0 radical (unpaired) electrons. The average Bonchev–Trinajstić information content (AvgIpc) is 2.97. The number of hydrogen-bond donors (Lipinski definition) is 2. The summed E-state index contributed by atoms with van der Waals surface area (Å²) in [6.07, 6.45) is 1.55. The first-order valence-corrected chi connectivity index (χ1v) is 7.27. The van der Waals surface area contributed by atoms with E-state index in [1.54, 1.807) is 6.07 Å². The van der Waals surface area contributed by atoms with Crippen LogP contribution in [0.2, 0.25) is 0 Å². The fourth-order valence-electron chi connectivity index (χ4n) is 2.97. The number of aromatic nitrogens is 1. The van der Waals surface area contributed by atoms with Crippen molar-refractivity contribution in [2.75, 3.05) is 25.1 Å². The zero-order valence-electron chi connectivity index (χ0n) is 12.3. The van der Waals surface area contributed by atoms with Crippen LogP contribution in [0, 0.1) is 5.92 Å². The molecule has 0 saturated carbocycles. The maximum absolute atomic E-state index is 11.6. The van der Waals surface area contributed by atoms with Gasteiger partial charge >= 0.3 is 11.9 Å². The van der Waals surface area contributed by atoms with Gasteiger partial charge in [-0.3, -0.25) is 4.79 Å². The van der Waals surface area contributed by atoms with Crippen molar-refractivity contribution in [3.8, 4) is 0 Å². The largest absolute Gasteiger partial charge is 0.477 e. The molecule has 2 N–H and O–H groups in total. The number of carbonyl (C=O) groups is 2. The molecule has 1 aromatic carbocycles. The van der Waals surface area contributed by atoms with E-state index in [0.717, 1.165) is 42.5 Å². The summed E-state index contributed by atoms with van der Waals surface area (Å²) < 4.78 is 4.80. The van der Waals surface area contributed by atoms with Gasteiger partial charge in [0.2, 0.25) is 0 Å². The van der Waals surface area contributed by atoms with Crippen LogP contribution in [0.1, 0.15) is 23.3 Å². The summed E-state index contributed by atoms with van der Waals surface area (Å²) >= 11 is 0. The molecule has 116 valence electrons. The van der Waals surface area contributed by atoms with Crippen LogP contribution in [0.15, 0.2) is 24.3 Å². The Bertz CT molecular complexity index is 714. The van der Waals surface area contributed by atoms with Crippen molar-refractivity contribution >= 4 is 28.5 Å². The van der Waals surface area contributed by atoms with E-state index in [-0.39, 0.29) is 17.6 Å². The molecule has 0 spiro atoms. The number of nitrogens with one attached hydrogen (secondary N) is 1. The molecular formula is C16H18N2O4. The highest BCUT2D eigenvalue weighted by atomic mass is 16.5. The number of carboxylic acid groups (broad SMARTS) is 1. The molecule has 0 atom stereocenters. The minimum Gasteiger partial charge on any atom is -0.477 e. The highest BCUT2D eigenvalue weighted by Crippen LogP contribution is 2.27. The van der Waals surface area contributed by atoms with E-state index in [2.05, 4.69) is 9.88 Å². The van der Waals surface area contributed by atoms with E-state index >= 15 is 0 Å². The molecule has 2 heterocycles. The van der Waals surface area contributed by atoms with Crippen molar-refractivity contribution in [2.24, 2.45) is 5.92 Å². The zero-order chi connectivity index (χ0) is 15.7. The molecule has 0 bridgehead atoms. The Morgan fingerprint density at radius 3 is 2.64 bits per heavy atom. The number of carbonyl (C=O) groups excluding carboxylic acids is 1. The number of nitrogens with zero attached hydrogens (tertiary/aromatic N) is 1. The van der Waals surface area contributed by atoms with Crippen molar-refractivity contribution in [1.82, 2.24) is 4.98 Å². The van der Waals surface area contributed by atoms with Gasteiger partial charge in [-0.05, 0) is 37.1 Å². The van der Waals surface area contributed by atoms with Gasteiger partial charge in [0.15, 0.2) is 0 Å². The number of fused-ring (bicyclic) bond motifs is 1. The lowest BCUT2D eigenvalue weighted by atomic mass is 9.96. The van der Waals surface area contributed by atoms with E-state index in [9.17, 15) is 9.59 Å². The van der Waals surface area contributed by atoms with Crippen molar-refractivity contribution in [1.29, 1.82) is 0 Å². The first-order chi connectivity index (χ1) is 10.6. The van der Waals surface area contributed by atoms with E-state index in [1.165, 1.54) is 7.11 Å². The van der Waals surface area contributed by atoms with Gasteiger partial charge in [-0.15, -0.1) is 0 Å². The molecule has 22 heavy (non-hydrogen) atoms. The zero-order valence-corrected chi connectivity index (χ0v) is 12.3. The Morgan fingerprint density at radius 1 is 1.27 bits per heavy atom. The van der Waals surface area contributed by atoms with E-state index in [1.807, 2.05) is 18.2 Å². The van der Waals surface area contributed by atoms with Crippen LogP contribution >= 0.6 is 0 Å². The number of methoxy groups -OCH3 is 1. The van der Waals surface area contributed by atoms with Crippen molar-refractivity contribution in [3.05, 3.63) is 30.0 Å². The summed E-state index contributed by atoms with van der Waals surface area (Å²) in [7, 11) is 1.43. The number of carboxylic acids is 1. The Balaban J connectivity index is 1.77. The molecule has 6 nitrogen and oxygen atoms in total. The highest BCUT2D eigenvalue weighted by Gasteiger charge is 2.25. The number of piperidine rings is 1. The second-order valence-electron chi connectivity index (χ2n) is 5.54. The molecule has 1 aliphatic rings. The lowest BCUT2D eigenvalue weighted by Gasteiger charge is -2.32. The molecular weight excluding hydrogens is 284 g/mol. The number of aromatic amines is 1. The Labute approximate surface area is 127 Å². The van der Waals surface area contributed by atoms with Crippen LogP contribution in [0.5, 0.6) is 0 Å². The van der Waals surface area contributed by atoms with E-state index in [4.69, 9.17) is 9.84 Å². The molecule has 1 fully saturated rings. The number of ether oxygens (including phenoxy) is 1. The second kappa shape index (κ2) is 5.71. The summed E-state index contributed by atoms with van der Waals surface area (Å²) in [6.45, 7) is 1.59. The molecule has 0 aliphatic carbocycles. The molecule has 6 heteroatoms. The highest BCUT2D eigenvalue weighted by molar-refractivity contribution is 5.94. The first-order valence-electron chi connectivity index (χ1n) is 7.27. The fourth-order valence-corrected chi connectivity index (χ4v) is 2.97. The second-order valence-corrected chi connectivity index (χ2v) is 5.54. The predicted octanol–water partition coefficient (Wildman–Crippen LogP) is 2.26. The van der Waals surface area contributed by atoms with Crippen molar-refractivity contribution in [3.63, 3.8) is 0 Å². The normalized spacial score (nSPS) is 16.0. The monoisotopic (exact) mass is 302 g/mol. The van der Waals surface area contributed by atoms with E-state index in [0.29, 0.717) is 0 Å². The summed E-state index contributed by atoms with van der Waals surface area (Å²) in [5, 5.41) is 9.90. The van der Waals surface area contributed by atoms with Crippen LogP contribution in [0.25, 0.3) is 10.9 Å². The van der Waals surface area contributed by atoms with E-state index < -0.39 is 5.97 Å². The van der Waals surface area contributed by atoms with Crippen LogP contribution in [0.3, 0.4) is 0 Å². The third-order valence-corrected chi connectivity index (χ3v) is 4.23. The molecule has 1 saturated heterocycles. The maximum atomic E-state index is 11.6. The predicted molar refractivity (Wildman–Crippen MR) is 82.2 cm³/mol. The Hall–Kier alpha value is -2.50. The molecule has 0 unspecified atom stereocenters. The Kier molecular flexibility index (Phi) is 3.75. The summed E-state index contributed by atoms with van der Waals surface area (Å²) in [5.74, 6) is -1.11. The fraction of sp³-hybridized carbons (Fsp3) is 0.375. The van der Waals surface area contributed by atoms with Crippen LogP contribution in [-0.2, 0) is 9.53 Å². The summed E-state index contributed by atoms with van der Waals surface area (Å²) in [5.41, 5.74) is 2.05. The smallest absolute Gasteiger partial charge is 0.352 e. The first kappa shape index (κ1) is 14.4. The van der Waals surface area contributed by atoms with Gasteiger partial charge in [0.1, 0.15) is 5.69 Å². The summed E-state index contributed by atoms with van der Waals surface area (Å²) in [6, 6.07) is 7.49. The number of H-pyrrole nitrogens is 1. The number of anilines is 1. The molecule has 2 aromatic rings. The third-order valence-electron chi connectivity index (χ3n) is 4.23. The summed E-state index contributed by atoms with van der Waals surface area (Å²) in [4.78, 5) is 27.6. The lowest BCUT2D eigenvalue weighted by Crippen LogP contribution is -2.36. The standard InChI is InChI=1S/C16H18N2O4/c1-22-16(21)10-4-6-18(7-5-10)12-2-3-13-11(8-12)9-14(17-13)15(19)20/h2-3,8-10,17H,4-7H2,1H3,(H,19,20). The lowest BCUT2D eigenvalue weighted by molar-refractivity contribution is -0.146. The SMILES string of the molecule is COC(=O)C1CCN(c2ccc3[nH]c(C(=O)O)cc3c2)CC1. The van der Waals surface area contributed by atoms with Gasteiger partial charge in [0.05, 0.1) is 13.0 Å². The van der Waals surface area contributed by atoms with Crippen LogP contribution in [0.4, 0.5) is 5.69 Å². The van der Waals surface area contributed by atoms with Crippen LogP contribution in [-0.4, -0.2) is 42.2 Å². The number of hydrogen-bond acceptors (Lipinski definition) is 4. The van der Waals surface area contributed by atoms with Gasteiger partial charge < -0.3 is 19.7 Å². The topological polar surface area (TPSA) is 82.6 Å².